The Morgan fingerprint density at radius 2 is 1.86 bits per heavy atom. The summed E-state index contributed by atoms with van der Waals surface area (Å²) in [5.41, 5.74) is 0.936. The molecule has 0 saturated carbocycles. The number of aromatic nitrogens is 1. The van der Waals surface area contributed by atoms with Gasteiger partial charge in [0.2, 0.25) is 5.91 Å². The number of nitrogens with one attached hydrogen (secondary N) is 2. The Hall–Kier alpha value is -2.55. The lowest BCUT2D eigenvalue weighted by molar-refractivity contribution is -0.115. The lowest BCUT2D eigenvalue weighted by Crippen LogP contribution is -2.32. The SMILES string of the molecule is O=C(CNC(=O)c1ccc(Cl)cc1Cl)Nc1nc2cc3c(cc2s1)OCCO3. The van der Waals surface area contributed by atoms with Gasteiger partial charge in [-0.25, -0.2) is 4.98 Å². The summed E-state index contributed by atoms with van der Waals surface area (Å²) >= 11 is 13.1. The highest BCUT2D eigenvalue weighted by atomic mass is 35.5. The molecule has 1 aliphatic heterocycles. The average molecular weight is 438 g/mol. The average Bonchev–Trinajstić information content (AvgIpc) is 3.05. The van der Waals surface area contributed by atoms with Crippen LogP contribution in [-0.4, -0.2) is 36.6 Å². The van der Waals surface area contributed by atoms with Crippen molar-refractivity contribution in [2.75, 3.05) is 25.1 Å². The first-order valence-electron chi connectivity index (χ1n) is 8.23. The number of nitrogens with zero attached hydrogens (tertiary/aromatic N) is 1. The van der Waals surface area contributed by atoms with Crippen LogP contribution in [-0.2, 0) is 4.79 Å². The second-order valence-electron chi connectivity index (χ2n) is 5.84. The van der Waals surface area contributed by atoms with Crippen LogP contribution >= 0.6 is 34.5 Å². The maximum absolute atomic E-state index is 12.2. The normalized spacial score (nSPS) is 12.6. The Morgan fingerprint density at radius 1 is 1.11 bits per heavy atom. The van der Waals surface area contributed by atoms with Gasteiger partial charge >= 0.3 is 0 Å². The number of amides is 2. The standard InChI is InChI=1S/C18H13Cl2N3O4S/c19-9-1-2-10(11(20)5-9)17(25)21-8-16(24)23-18-22-12-6-13-14(7-15(12)28-18)27-4-3-26-13/h1-2,5-7H,3-4,8H2,(H,21,25)(H,22,23,24). The van der Waals surface area contributed by atoms with Crippen molar-refractivity contribution in [2.45, 2.75) is 0 Å². The number of carbonyl (C=O) groups excluding carboxylic acids is 2. The van der Waals surface area contributed by atoms with E-state index in [1.54, 1.807) is 12.1 Å². The van der Waals surface area contributed by atoms with E-state index in [0.717, 1.165) is 4.70 Å². The Kier molecular flexibility index (Phi) is 5.25. The molecule has 1 aromatic heterocycles. The molecule has 0 saturated heterocycles. The summed E-state index contributed by atoms with van der Waals surface area (Å²) in [5, 5.41) is 6.24. The topological polar surface area (TPSA) is 89.6 Å². The third kappa shape index (κ3) is 3.99. The number of benzene rings is 2. The van der Waals surface area contributed by atoms with Crippen molar-refractivity contribution in [1.29, 1.82) is 0 Å². The van der Waals surface area contributed by atoms with Crippen LogP contribution in [0.1, 0.15) is 10.4 Å². The van der Waals surface area contributed by atoms with Crippen LogP contribution in [0.25, 0.3) is 10.2 Å². The van der Waals surface area contributed by atoms with Gasteiger partial charge in [-0.15, -0.1) is 0 Å². The van der Waals surface area contributed by atoms with Gasteiger partial charge in [0, 0.05) is 17.2 Å². The molecule has 3 aromatic rings. The van der Waals surface area contributed by atoms with Crippen LogP contribution in [0.5, 0.6) is 11.5 Å². The first kappa shape index (κ1) is 18.8. The summed E-state index contributed by atoms with van der Waals surface area (Å²) in [6, 6.07) is 8.13. The summed E-state index contributed by atoms with van der Waals surface area (Å²) < 4.78 is 11.9. The van der Waals surface area contributed by atoms with Crippen LogP contribution < -0.4 is 20.1 Å². The van der Waals surface area contributed by atoms with Crippen molar-refractivity contribution in [3.8, 4) is 11.5 Å². The molecule has 144 valence electrons. The van der Waals surface area contributed by atoms with Crippen LogP contribution in [0, 0.1) is 0 Å². The molecule has 2 amide bonds. The van der Waals surface area contributed by atoms with Gasteiger partial charge in [0.1, 0.15) is 13.2 Å². The minimum Gasteiger partial charge on any atom is -0.486 e. The lowest BCUT2D eigenvalue weighted by Gasteiger charge is -2.17. The van der Waals surface area contributed by atoms with Crippen molar-refractivity contribution < 1.29 is 19.1 Å². The maximum atomic E-state index is 12.2. The van der Waals surface area contributed by atoms with Gasteiger partial charge in [-0.2, -0.15) is 0 Å². The van der Waals surface area contributed by atoms with Gasteiger partial charge in [-0.3, -0.25) is 9.59 Å². The van der Waals surface area contributed by atoms with Crippen LogP contribution in [0.4, 0.5) is 5.13 Å². The Labute approximate surface area is 173 Å². The van der Waals surface area contributed by atoms with Gasteiger partial charge in [-0.05, 0) is 18.2 Å². The van der Waals surface area contributed by atoms with Crippen molar-refractivity contribution in [3.63, 3.8) is 0 Å². The minimum atomic E-state index is -0.469. The number of halogens is 2. The number of hydrogen-bond donors (Lipinski definition) is 2. The van der Waals surface area contributed by atoms with Gasteiger partial charge < -0.3 is 20.1 Å². The summed E-state index contributed by atoms with van der Waals surface area (Å²) in [5.74, 6) is 0.416. The zero-order valence-electron chi connectivity index (χ0n) is 14.3. The first-order valence-corrected chi connectivity index (χ1v) is 9.80. The Morgan fingerprint density at radius 3 is 2.61 bits per heavy atom. The number of thiazole rings is 1. The molecule has 0 aliphatic carbocycles. The third-order valence-corrected chi connectivity index (χ3v) is 5.37. The summed E-state index contributed by atoms with van der Waals surface area (Å²) in [6.45, 7) is 0.762. The fourth-order valence-electron chi connectivity index (χ4n) is 2.61. The molecule has 10 heteroatoms. The highest BCUT2D eigenvalue weighted by molar-refractivity contribution is 7.22. The molecule has 2 heterocycles. The summed E-state index contributed by atoms with van der Waals surface area (Å²) in [6.07, 6.45) is 0. The molecule has 28 heavy (non-hydrogen) atoms. The van der Waals surface area contributed by atoms with E-state index in [1.807, 2.05) is 6.07 Å². The van der Waals surface area contributed by atoms with E-state index < -0.39 is 11.8 Å². The second kappa shape index (κ2) is 7.83. The van der Waals surface area contributed by atoms with E-state index in [0.29, 0.717) is 40.4 Å². The summed E-state index contributed by atoms with van der Waals surface area (Å²) in [7, 11) is 0. The molecule has 0 spiro atoms. The molecule has 2 N–H and O–H groups in total. The van der Waals surface area contributed by atoms with Crippen LogP contribution in [0.15, 0.2) is 30.3 Å². The maximum Gasteiger partial charge on any atom is 0.253 e. The Bertz CT molecular complexity index is 1040. The second-order valence-corrected chi connectivity index (χ2v) is 7.71. The van der Waals surface area contributed by atoms with E-state index in [9.17, 15) is 9.59 Å². The van der Waals surface area contributed by atoms with E-state index in [4.69, 9.17) is 32.7 Å². The van der Waals surface area contributed by atoms with Gasteiger partial charge in [0.25, 0.3) is 5.91 Å². The molecule has 0 bridgehead atoms. The zero-order chi connectivity index (χ0) is 19.7. The fraction of sp³-hybridized carbons (Fsp3) is 0.167. The van der Waals surface area contributed by atoms with E-state index in [1.165, 1.54) is 23.5 Å². The highest BCUT2D eigenvalue weighted by Gasteiger charge is 2.17. The van der Waals surface area contributed by atoms with Crippen molar-refractivity contribution in [3.05, 3.63) is 45.9 Å². The predicted octanol–water partition coefficient (Wildman–Crippen LogP) is 3.74. The third-order valence-electron chi connectivity index (χ3n) is 3.88. The first-order chi connectivity index (χ1) is 13.5. The monoisotopic (exact) mass is 437 g/mol. The quantitative estimate of drug-likeness (QED) is 0.648. The van der Waals surface area contributed by atoms with Crippen molar-refractivity contribution >= 4 is 61.7 Å². The number of ether oxygens (including phenoxy) is 2. The molecule has 0 radical (unpaired) electrons. The van der Waals surface area contributed by atoms with E-state index in [2.05, 4.69) is 15.6 Å². The Balaban J connectivity index is 1.40. The van der Waals surface area contributed by atoms with Gasteiger partial charge in [0.05, 0.1) is 27.3 Å². The molecular weight excluding hydrogens is 425 g/mol. The predicted molar refractivity (Wildman–Crippen MR) is 108 cm³/mol. The van der Waals surface area contributed by atoms with Gasteiger partial charge in [-0.1, -0.05) is 34.5 Å². The fourth-order valence-corrected chi connectivity index (χ4v) is 4.00. The van der Waals surface area contributed by atoms with Crippen molar-refractivity contribution in [1.82, 2.24) is 10.3 Å². The smallest absolute Gasteiger partial charge is 0.253 e. The molecule has 0 unspecified atom stereocenters. The summed E-state index contributed by atoms with van der Waals surface area (Å²) in [4.78, 5) is 28.7. The van der Waals surface area contributed by atoms with E-state index in [-0.39, 0.29) is 17.1 Å². The van der Waals surface area contributed by atoms with Gasteiger partial charge in [0.15, 0.2) is 16.6 Å². The zero-order valence-corrected chi connectivity index (χ0v) is 16.6. The minimum absolute atomic E-state index is 0.213. The number of carbonyl (C=O) groups is 2. The number of hydrogen-bond acceptors (Lipinski definition) is 6. The molecule has 2 aromatic carbocycles. The molecule has 0 atom stereocenters. The molecule has 1 aliphatic rings. The molecule has 4 rings (SSSR count). The van der Waals surface area contributed by atoms with Crippen LogP contribution in [0.2, 0.25) is 10.0 Å². The molecule has 7 nitrogen and oxygen atoms in total. The largest absolute Gasteiger partial charge is 0.486 e. The molecular formula is C18H13Cl2N3O4S. The van der Waals surface area contributed by atoms with Crippen LogP contribution in [0.3, 0.4) is 0 Å². The van der Waals surface area contributed by atoms with E-state index >= 15 is 0 Å². The lowest BCUT2D eigenvalue weighted by atomic mass is 10.2. The molecule has 0 fully saturated rings. The number of rotatable bonds is 4. The number of fused-ring (bicyclic) bond motifs is 2. The number of anilines is 1. The highest BCUT2D eigenvalue weighted by Crippen LogP contribution is 2.37. The van der Waals surface area contributed by atoms with Crippen molar-refractivity contribution in [2.24, 2.45) is 0 Å².